The van der Waals surface area contributed by atoms with Crippen molar-refractivity contribution in [3.05, 3.63) is 29.3 Å². The maximum absolute atomic E-state index is 12.1. The standard InChI is InChI=1S/C11H14F3N3O2S/c12-11(13,14)7-16-20(18,19)17-5-4-8-2-1-3-10(15)9(8)6-17/h1-3,16H,4-7,15H2. The predicted molar refractivity (Wildman–Crippen MR) is 67.9 cm³/mol. The van der Waals surface area contributed by atoms with Crippen LogP contribution in [-0.4, -0.2) is 32.0 Å². The van der Waals surface area contributed by atoms with E-state index < -0.39 is 22.9 Å². The normalized spacial score (nSPS) is 16.9. The van der Waals surface area contributed by atoms with Gasteiger partial charge in [0, 0.05) is 18.8 Å². The van der Waals surface area contributed by atoms with E-state index >= 15 is 0 Å². The van der Waals surface area contributed by atoms with Crippen LogP contribution in [0.25, 0.3) is 0 Å². The molecule has 1 aliphatic heterocycles. The predicted octanol–water partition coefficient (Wildman–Crippen LogP) is 1.02. The van der Waals surface area contributed by atoms with Gasteiger partial charge in [-0.25, -0.2) is 0 Å². The SMILES string of the molecule is Nc1cccc2c1CN(S(=O)(=O)NCC(F)(F)F)CC2. The van der Waals surface area contributed by atoms with Crippen LogP contribution in [-0.2, 0) is 23.2 Å². The molecule has 2 rings (SSSR count). The molecule has 0 saturated carbocycles. The monoisotopic (exact) mass is 309 g/mol. The van der Waals surface area contributed by atoms with Gasteiger partial charge < -0.3 is 5.73 Å². The minimum absolute atomic E-state index is 0.0187. The van der Waals surface area contributed by atoms with Crippen LogP contribution in [0.2, 0.25) is 0 Å². The molecule has 1 aromatic carbocycles. The quantitative estimate of drug-likeness (QED) is 0.819. The summed E-state index contributed by atoms with van der Waals surface area (Å²) in [6, 6.07) is 5.23. The Morgan fingerprint density at radius 3 is 2.70 bits per heavy atom. The maximum atomic E-state index is 12.1. The Kier molecular flexibility index (Phi) is 3.94. The zero-order valence-electron chi connectivity index (χ0n) is 10.4. The molecule has 0 atom stereocenters. The number of anilines is 1. The Hall–Kier alpha value is -1.32. The minimum Gasteiger partial charge on any atom is -0.398 e. The lowest BCUT2D eigenvalue weighted by molar-refractivity contribution is -0.121. The number of halogens is 3. The van der Waals surface area contributed by atoms with Crippen molar-refractivity contribution in [3.8, 4) is 0 Å². The highest BCUT2D eigenvalue weighted by Crippen LogP contribution is 2.25. The number of nitrogens with one attached hydrogen (secondary N) is 1. The van der Waals surface area contributed by atoms with E-state index in [2.05, 4.69) is 0 Å². The summed E-state index contributed by atoms with van der Waals surface area (Å²) in [7, 11) is -4.17. The highest BCUT2D eigenvalue weighted by Gasteiger charge is 2.33. The Labute approximate surface area is 114 Å². The second-order valence-electron chi connectivity index (χ2n) is 4.51. The van der Waals surface area contributed by atoms with Crippen LogP contribution >= 0.6 is 0 Å². The van der Waals surface area contributed by atoms with Crippen molar-refractivity contribution >= 4 is 15.9 Å². The average Bonchev–Trinajstić information content (AvgIpc) is 2.36. The first kappa shape index (κ1) is 15.1. The highest BCUT2D eigenvalue weighted by molar-refractivity contribution is 7.87. The van der Waals surface area contributed by atoms with Gasteiger partial charge in [0.15, 0.2) is 0 Å². The summed E-state index contributed by atoms with van der Waals surface area (Å²) < 4.78 is 62.4. The summed E-state index contributed by atoms with van der Waals surface area (Å²) in [5.74, 6) is 0. The van der Waals surface area contributed by atoms with E-state index in [9.17, 15) is 21.6 Å². The molecule has 0 aromatic heterocycles. The molecule has 1 aliphatic rings. The van der Waals surface area contributed by atoms with Crippen LogP contribution in [0.15, 0.2) is 18.2 Å². The van der Waals surface area contributed by atoms with Crippen LogP contribution < -0.4 is 10.5 Å². The molecule has 5 nitrogen and oxygen atoms in total. The fourth-order valence-corrected chi connectivity index (χ4v) is 3.21. The molecule has 9 heteroatoms. The lowest BCUT2D eigenvalue weighted by atomic mass is 10.00. The van der Waals surface area contributed by atoms with Crippen molar-refractivity contribution < 1.29 is 21.6 Å². The molecule has 1 aromatic rings. The fourth-order valence-electron chi connectivity index (χ4n) is 2.05. The van der Waals surface area contributed by atoms with Gasteiger partial charge in [0.2, 0.25) is 0 Å². The van der Waals surface area contributed by atoms with Gasteiger partial charge in [0.1, 0.15) is 6.54 Å². The van der Waals surface area contributed by atoms with E-state index in [4.69, 9.17) is 5.73 Å². The molecule has 0 unspecified atom stereocenters. The Balaban J connectivity index is 2.14. The lowest BCUT2D eigenvalue weighted by Crippen LogP contribution is -2.46. The van der Waals surface area contributed by atoms with Crippen molar-refractivity contribution in [2.45, 2.75) is 19.1 Å². The second kappa shape index (κ2) is 5.23. The third kappa shape index (κ3) is 3.41. The molecule has 1 heterocycles. The number of nitrogens with two attached hydrogens (primary N) is 1. The molecule has 112 valence electrons. The first-order chi connectivity index (χ1) is 9.19. The molecule has 0 bridgehead atoms. The smallest absolute Gasteiger partial charge is 0.398 e. The van der Waals surface area contributed by atoms with E-state index in [-0.39, 0.29) is 13.1 Å². The molecule has 0 amide bonds. The van der Waals surface area contributed by atoms with Gasteiger partial charge in [-0.05, 0) is 23.6 Å². The molecule has 0 radical (unpaired) electrons. The van der Waals surface area contributed by atoms with E-state index in [0.717, 1.165) is 9.87 Å². The molecule has 0 aliphatic carbocycles. The molecule has 0 saturated heterocycles. The number of alkyl halides is 3. The Morgan fingerprint density at radius 2 is 2.05 bits per heavy atom. The first-order valence-corrected chi connectivity index (χ1v) is 7.31. The van der Waals surface area contributed by atoms with Crippen molar-refractivity contribution in [2.75, 3.05) is 18.8 Å². The van der Waals surface area contributed by atoms with Gasteiger partial charge in [-0.2, -0.15) is 30.6 Å². The molecule has 20 heavy (non-hydrogen) atoms. The summed E-state index contributed by atoms with van der Waals surface area (Å²) in [6.45, 7) is -1.47. The van der Waals surface area contributed by atoms with Gasteiger partial charge in [-0.3, -0.25) is 0 Å². The van der Waals surface area contributed by atoms with Gasteiger partial charge in [-0.1, -0.05) is 12.1 Å². The van der Waals surface area contributed by atoms with Crippen LogP contribution in [0, 0.1) is 0 Å². The largest absolute Gasteiger partial charge is 0.402 e. The summed E-state index contributed by atoms with van der Waals surface area (Å²) in [6.07, 6.45) is -4.16. The van der Waals surface area contributed by atoms with E-state index in [0.29, 0.717) is 17.7 Å². The number of fused-ring (bicyclic) bond motifs is 1. The molecule has 0 fully saturated rings. The van der Waals surface area contributed by atoms with Crippen LogP contribution in [0.3, 0.4) is 0 Å². The van der Waals surface area contributed by atoms with Gasteiger partial charge in [-0.15, -0.1) is 0 Å². The van der Waals surface area contributed by atoms with Gasteiger partial charge in [0.25, 0.3) is 10.2 Å². The second-order valence-corrected chi connectivity index (χ2v) is 6.27. The van der Waals surface area contributed by atoms with Crippen molar-refractivity contribution in [1.82, 2.24) is 9.03 Å². The third-order valence-electron chi connectivity index (χ3n) is 3.07. The van der Waals surface area contributed by atoms with E-state index in [1.807, 2.05) is 6.07 Å². The molecular weight excluding hydrogens is 295 g/mol. The number of nitrogens with zero attached hydrogens (tertiary/aromatic N) is 1. The van der Waals surface area contributed by atoms with Gasteiger partial charge >= 0.3 is 6.18 Å². The van der Waals surface area contributed by atoms with E-state index in [1.54, 1.807) is 16.9 Å². The zero-order valence-corrected chi connectivity index (χ0v) is 11.3. The maximum Gasteiger partial charge on any atom is 0.402 e. The van der Waals surface area contributed by atoms with Crippen LogP contribution in [0.1, 0.15) is 11.1 Å². The number of benzene rings is 1. The summed E-state index contributed by atoms with van der Waals surface area (Å²) in [4.78, 5) is 0. The summed E-state index contributed by atoms with van der Waals surface area (Å²) in [5, 5.41) is 0. The molecular formula is C11H14F3N3O2S. The number of hydrogen-bond donors (Lipinski definition) is 2. The number of nitrogen functional groups attached to an aromatic ring is 1. The minimum atomic E-state index is -4.58. The zero-order chi connectivity index (χ0) is 15.0. The van der Waals surface area contributed by atoms with Gasteiger partial charge in [0.05, 0.1) is 0 Å². The van der Waals surface area contributed by atoms with Crippen molar-refractivity contribution in [2.24, 2.45) is 0 Å². The van der Waals surface area contributed by atoms with Crippen LogP contribution in [0.5, 0.6) is 0 Å². The van der Waals surface area contributed by atoms with Crippen molar-refractivity contribution in [3.63, 3.8) is 0 Å². The highest BCUT2D eigenvalue weighted by atomic mass is 32.2. The first-order valence-electron chi connectivity index (χ1n) is 5.87. The number of rotatable bonds is 3. The molecule has 0 spiro atoms. The summed E-state index contributed by atoms with van der Waals surface area (Å²) in [5.41, 5.74) is 7.78. The summed E-state index contributed by atoms with van der Waals surface area (Å²) >= 11 is 0. The third-order valence-corrected chi connectivity index (χ3v) is 4.57. The molecule has 3 N–H and O–H groups in total. The van der Waals surface area contributed by atoms with E-state index in [1.165, 1.54) is 0 Å². The lowest BCUT2D eigenvalue weighted by Gasteiger charge is -2.29. The topological polar surface area (TPSA) is 75.4 Å². The van der Waals surface area contributed by atoms with Crippen LogP contribution in [0.4, 0.5) is 18.9 Å². The van der Waals surface area contributed by atoms with Crippen molar-refractivity contribution in [1.29, 1.82) is 0 Å². The Morgan fingerprint density at radius 1 is 1.35 bits per heavy atom. The fraction of sp³-hybridized carbons (Fsp3) is 0.455. The average molecular weight is 309 g/mol. The number of hydrogen-bond acceptors (Lipinski definition) is 3. The Bertz CT molecular complexity index is 601.